The summed E-state index contributed by atoms with van der Waals surface area (Å²) in [5.74, 6) is -0.651. The zero-order valence-electron chi connectivity index (χ0n) is 13.7. The van der Waals surface area contributed by atoms with E-state index in [-0.39, 0.29) is 30.9 Å². The molecule has 1 aromatic rings. The first-order valence-electron chi connectivity index (χ1n) is 7.26. The molecule has 0 saturated carbocycles. The van der Waals surface area contributed by atoms with Crippen LogP contribution in [0.15, 0.2) is 20.0 Å². The van der Waals surface area contributed by atoms with E-state index >= 15 is 0 Å². The number of thiophene rings is 1. The lowest BCUT2D eigenvalue weighted by Crippen LogP contribution is -2.39. The number of hydrogen-bond donors (Lipinski definition) is 3. The smallest absolute Gasteiger partial charge is 0.259 e. The fourth-order valence-electron chi connectivity index (χ4n) is 3.10. The third kappa shape index (κ3) is 3.51. The summed E-state index contributed by atoms with van der Waals surface area (Å²) in [6.45, 7) is 0.00596. The van der Waals surface area contributed by atoms with Crippen molar-refractivity contribution >= 4 is 46.0 Å². The Labute approximate surface area is 161 Å². The molecular weight excluding hydrogens is 396 g/mol. The van der Waals surface area contributed by atoms with Crippen LogP contribution in [-0.4, -0.2) is 36.3 Å². The molecule has 26 heavy (non-hydrogen) atoms. The standard InChI is InChI=1S/C13H16N8O2S3/c1-26(23)12-8-6(10(25-12)11(15)22)2-13(4-18-20-16,5-19-21-17)7(3-14)9(8)24/h24H,2-5,14H2,1H3,(H2,15,22). The van der Waals surface area contributed by atoms with Crippen LogP contribution in [0.25, 0.3) is 25.8 Å². The van der Waals surface area contributed by atoms with E-state index in [0.29, 0.717) is 25.8 Å². The van der Waals surface area contributed by atoms with Gasteiger partial charge in [-0.05, 0) is 39.8 Å². The molecule has 1 aliphatic carbocycles. The summed E-state index contributed by atoms with van der Waals surface area (Å²) in [5.41, 5.74) is 29.8. The highest BCUT2D eigenvalue weighted by Crippen LogP contribution is 2.50. The number of amides is 1. The van der Waals surface area contributed by atoms with Gasteiger partial charge in [0.15, 0.2) is 0 Å². The van der Waals surface area contributed by atoms with E-state index in [1.807, 2.05) is 0 Å². The zero-order valence-corrected chi connectivity index (χ0v) is 16.3. The predicted octanol–water partition coefficient (Wildman–Crippen LogP) is 2.35. The topological polar surface area (TPSA) is 190 Å². The summed E-state index contributed by atoms with van der Waals surface area (Å²) < 4.78 is 12.6. The van der Waals surface area contributed by atoms with Crippen molar-refractivity contribution in [3.8, 4) is 0 Å². The van der Waals surface area contributed by atoms with Crippen LogP contribution in [0.3, 0.4) is 0 Å². The molecule has 0 aromatic carbocycles. The van der Waals surface area contributed by atoms with Gasteiger partial charge < -0.3 is 16.0 Å². The van der Waals surface area contributed by atoms with Crippen LogP contribution in [0.1, 0.15) is 20.8 Å². The van der Waals surface area contributed by atoms with Crippen LogP contribution in [0.4, 0.5) is 0 Å². The third-order valence-electron chi connectivity index (χ3n) is 4.21. The van der Waals surface area contributed by atoms with Gasteiger partial charge in [-0.2, -0.15) is 0 Å². The molecule has 0 radical (unpaired) electrons. The summed E-state index contributed by atoms with van der Waals surface area (Å²) in [4.78, 5) is 18.2. The number of fused-ring (bicyclic) bond motifs is 1. The predicted molar refractivity (Wildman–Crippen MR) is 104 cm³/mol. The zero-order chi connectivity index (χ0) is 19.5. The molecule has 138 valence electrons. The van der Waals surface area contributed by atoms with E-state index in [2.05, 4.69) is 32.7 Å². The van der Waals surface area contributed by atoms with Gasteiger partial charge in [0, 0.05) is 39.8 Å². The Morgan fingerprint density at radius 3 is 2.42 bits per heavy atom. The monoisotopic (exact) mass is 412 g/mol. The van der Waals surface area contributed by atoms with Crippen LogP contribution < -0.4 is 11.5 Å². The Balaban J connectivity index is 2.82. The van der Waals surface area contributed by atoms with Crippen molar-refractivity contribution in [2.45, 2.75) is 10.6 Å². The first-order valence-corrected chi connectivity index (χ1v) is 10.1. The molecule has 0 saturated heterocycles. The van der Waals surface area contributed by atoms with Crippen LogP contribution in [-0.2, 0) is 17.6 Å². The molecule has 0 aliphatic heterocycles. The minimum atomic E-state index is -1.36. The summed E-state index contributed by atoms with van der Waals surface area (Å²) in [7, 11) is 0. The fraction of sp³-hybridized carbons (Fsp3) is 0.462. The van der Waals surface area contributed by atoms with Gasteiger partial charge in [-0.15, -0.1) is 12.6 Å². The number of rotatable bonds is 7. The molecule has 1 amide bonds. The Kier molecular flexibility index (Phi) is 6.48. The minimum absolute atomic E-state index is 0.0306. The van der Waals surface area contributed by atoms with Crippen molar-refractivity contribution in [2.24, 2.45) is 27.1 Å². The SMILES string of the molecule is C[S+]([O-])c1sc(C(N)=O)c2c1C(S)=C(CN)C(CN=[N+]=[N-])(CN=[N+]=[N-])C2. The molecule has 10 nitrogen and oxygen atoms in total. The average molecular weight is 413 g/mol. The van der Waals surface area contributed by atoms with Gasteiger partial charge in [-0.25, -0.2) is 0 Å². The van der Waals surface area contributed by atoms with Gasteiger partial charge >= 0.3 is 0 Å². The molecule has 0 spiro atoms. The van der Waals surface area contributed by atoms with Crippen LogP contribution in [0, 0.1) is 5.41 Å². The van der Waals surface area contributed by atoms with Gasteiger partial charge in [0.2, 0.25) is 4.21 Å². The second-order valence-electron chi connectivity index (χ2n) is 5.66. The highest BCUT2D eigenvalue weighted by Gasteiger charge is 2.43. The molecule has 1 unspecified atom stereocenters. The Hall–Kier alpha value is -1.85. The number of nitrogens with two attached hydrogens (primary N) is 2. The second kappa shape index (κ2) is 8.23. The van der Waals surface area contributed by atoms with Gasteiger partial charge in [0.1, 0.15) is 11.1 Å². The molecule has 1 aromatic heterocycles. The van der Waals surface area contributed by atoms with E-state index in [0.717, 1.165) is 11.3 Å². The Morgan fingerprint density at radius 2 is 2.00 bits per heavy atom. The maximum Gasteiger partial charge on any atom is 0.259 e. The molecule has 4 N–H and O–H groups in total. The van der Waals surface area contributed by atoms with Crippen molar-refractivity contribution in [3.63, 3.8) is 0 Å². The number of carbonyl (C=O) groups is 1. The summed E-state index contributed by atoms with van der Waals surface area (Å²) in [5, 5.41) is 7.29. The summed E-state index contributed by atoms with van der Waals surface area (Å²) in [6.07, 6.45) is 1.71. The van der Waals surface area contributed by atoms with Gasteiger partial charge in [0.05, 0.1) is 5.56 Å². The lowest BCUT2D eigenvalue weighted by Gasteiger charge is -2.38. The molecule has 1 heterocycles. The van der Waals surface area contributed by atoms with Crippen LogP contribution in [0.5, 0.6) is 0 Å². The van der Waals surface area contributed by atoms with Gasteiger partial charge in [-0.1, -0.05) is 21.6 Å². The summed E-state index contributed by atoms with van der Waals surface area (Å²) >= 11 is 4.26. The highest BCUT2D eigenvalue weighted by molar-refractivity contribution is 7.93. The Morgan fingerprint density at radius 1 is 1.42 bits per heavy atom. The molecule has 1 aliphatic rings. The first-order chi connectivity index (χ1) is 12.3. The molecule has 0 fully saturated rings. The number of hydrogen-bond acceptors (Lipinski definition) is 7. The number of nitrogens with zero attached hydrogens (tertiary/aromatic N) is 6. The quantitative estimate of drug-likeness (QED) is 0.204. The first kappa shape index (κ1) is 20.5. The van der Waals surface area contributed by atoms with Crippen LogP contribution in [0.2, 0.25) is 0 Å². The second-order valence-corrected chi connectivity index (χ2v) is 8.70. The van der Waals surface area contributed by atoms with Crippen molar-refractivity contribution in [1.29, 1.82) is 0 Å². The average Bonchev–Trinajstić information content (AvgIpc) is 2.98. The molecular formula is C13H16N8O2S3. The molecule has 0 bridgehead atoms. The lowest BCUT2D eigenvalue weighted by atomic mass is 9.70. The van der Waals surface area contributed by atoms with Gasteiger partial charge in [-0.3, -0.25) is 4.79 Å². The molecule has 13 heteroatoms. The van der Waals surface area contributed by atoms with E-state index in [1.165, 1.54) is 6.26 Å². The van der Waals surface area contributed by atoms with Crippen LogP contribution >= 0.6 is 24.0 Å². The minimum Gasteiger partial charge on any atom is -0.611 e. The van der Waals surface area contributed by atoms with Crippen molar-refractivity contribution in [2.75, 3.05) is 25.9 Å². The number of thiol groups is 1. The van der Waals surface area contributed by atoms with E-state index in [9.17, 15) is 9.35 Å². The van der Waals surface area contributed by atoms with Gasteiger partial charge in [0.25, 0.3) is 5.91 Å². The van der Waals surface area contributed by atoms with Crippen molar-refractivity contribution in [1.82, 2.24) is 0 Å². The number of primary amides is 1. The van der Waals surface area contributed by atoms with E-state index < -0.39 is 22.5 Å². The number of azide groups is 2. The maximum atomic E-state index is 12.1. The third-order valence-corrected chi connectivity index (χ3v) is 7.43. The molecule has 2 rings (SSSR count). The normalized spacial score (nSPS) is 20.0. The van der Waals surface area contributed by atoms with Crippen molar-refractivity contribution in [3.05, 3.63) is 42.5 Å². The van der Waals surface area contributed by atoms with E-state index in [4.69, 9.17) is 22.5 Å². The Bertz CT molecular complexity index is 845. The lowest BCUT2D eigenvalue weighted by molar-refractivity contribution is 0.100. The largest absolute Gasteiger partial charge is 0.611 e. The fourth-order valence-corrected chi connectivity index (χ4v) is 5.97. The summed E-state index contributed by atoms with van der Waals surface area (Å²) in [6, 6.07) is 0. The maximum absolute atomic E-state index is 12.1. The van der Waals surface area contributed by atoms with E-state index in [1.54, 1.807) is 0 Å². The molecule has 1 atom stereocenters. The number of carbonyl (C=O) groups excluding carboxylic acids is 1. The van der Waals surface area contributed by atoms with Crippen molar-refractivity contribution < 1.29 is 9.35 Å². The highest BCUT2D eigenvalue weighted by atomic mass is 32.2.